The molecule has 0 radical (unpaired) electrons. The van der Waals surface area contributed by atoms with Gasteiger partial charge in [0.25, 0.3) is 0 Å². The molecule has 1 N–H and O–H groups in total. The van der Waals surface area contributed by atoms with E-state index in [4.69, 9.17) is 4.55 Å². The lowest BCUT2D eigenvalue weighted by Crippen LogP contribution is -2.07. The van der Waals surface area contributed by atoms with Crippen molar-refractivity contribution in [2.45, 2.75) is 46.0 Å². The van der Waals surface area contributed by atoms with Gasteiger partial charge in [-0.15, -0.1) is 0 Å². The van der Waals surface area contributed by atoms with Gasteiger partial charge in [-0.1, -0.05) is 38.8 Å². The second-order valence-corrected chi connectivity index (χ2v) is 5.03. The van der Waals surface area contributed by atoms with E-state index in [1.165, 1.54) is 19.3 Å². The van der Waals surface area contributed by atoms with Crippen LogP contribution in [-0.4, -0.2) is 19.6 Å². The number of hydrogen-bond acceptors (Lipinski definition) is 3. The zero-order valence-corrected chi connectivity index (χ0v) is 10.9. The smallest absolute Gasteiger partial charge is 0.264 e. The number of allylic oxidation sites excluding steroid dienone is 2. The van der Waals surface area contributed by atoms with Crippen LogP contribution in [0.5, 0.6) is 0 Å². The van der Waals surface area contributed by atoms with Gasteiger partial charge >= 0.3 is 10.4 Å². The van der Waals surface area contributed by atoms with E-state index in [2.05, 4.69) is 23.3 Å². The highest BCUT2D eigenvalue weighted by atomic mass is 32.3. The molecule has 0 aliphatic carbocycles. The Kier molecular flexibility index (Phi) is 8.51. The van der Waals surface area contributed by atoms with Crippen molar-refractivity contribution in [1.29, 1.82) is 0 Å². The van der Waals surface area contributed by atoms with Crippen molar-refractivity contribution in [3.63, 3.8) is 0 Å². The molecular weight excluding hydrogens is 228 g/mol. The summed E-state index contributed by atoms with van der Waals surface area (Å²) in [6.45, 7) is 4.18. The van der Waals surface area contributed by atoms with Crippen molar-refractivity contribution in [2.75, 3.05) is 6.61 Å². The molecule has 0 heterocycles. The minimum absolute atomic E-state index is 0.0271. The average molecular weight is 250 g/mol. The standard InChI is InChI=1S/C11H22O4S/c1-3-4-5-6-7-8-11(2)9-10-15-16(12,13)14/h7-8,11H,3-6,9-10H2,1-2H3,(H,12,13,14). The van der Waals surface area contributed by atoms with Crippen LogP contribution in [0.15, 0.2) is 12.2 Å². The second kappa shape index (κ2) is 8.73. The first-order valence-corrected chi connectivity index (χ1v) is 7.10. The van der Waals surface area contributed by atoms with E-state index in [9.17, 15) is 8.42 Å². The van der Waals surface area contributed by atoms with E-state index in [-0.39, 0.29) is 12.5 Å². The van der Waals surface area contributed by atoms with Crippen LogP contribution in [0.4, 0.5) is 0 Å². The largest absolute Gasteiger partial charge is 0.397 e. The third-order valence-corrected chi connectivity index (χ3v) is 2.71. The van der Waals surface area contributed by atoms with Gasteiger partial charge in [-0.2, -0.15) is 8.42 Å². The molecule has 96 valence electrons. The van der Waals surface area contributed by atoms with Gasteiger partial charge in [0.15, 0.2) is 0 Å². The quantitative estimate of drug-likeness (QED) is 0.388. The Labute approximate surface area is 98.7 Å². The highest BCUT2D eigenvalue weighted by molar-refractivity contribution is 7.80. The Morgan fingerprint density at radius 1 is 1.38 bits per heavy atom. The van der Waals surface area contributed by atoms with Gasteiger partial charge in [0.2, 0.25) is 0 Å². The molecule has 0 aromatic heterocycles. The first kappa shape index (κ1) is 15.6. The number of hydrogen-bond donors (Lipinski definition) is 1. The van der Waals surface area contributed by atoms with Crippen molar-refractivity contribution < 1.29 is 17.2 Å². The van der Waals surface area contributed by atoms with Gasteiger partial charge in [-0.25, -0.2) is 4.18 Å². The Morgan fingerprint density at radius 3 is 2.62 bits per heavy atom. The summed E-state index contributed by atoms with van der Waals surface area (Å²) in [5.74, 6) is 0.267. The molecule has 1 unspecified atom stereocenters. The Hall–Kier alpha value is -0.390. The number of rotatable bonds is 9. The summed E-state index contributed by atoms with van der Waals surface area (Å²) in [5, 5.41) is 0. The van der Waals surface area contributed by atoms with Gasteiger partial charge in [-0.3, -0.25) is 4.55 Å². The van der Waals surface area contributed by atoms with Crippen LogP contribution in [0, 0.1) is 5.92 Å². The van der Waals surface area contributed by atoms with Crippen LogP contribution in [0.3, 0.4) is 0 Å². The molecule has 0 saturated carbocycles. The lowest BCUT2D eigenvalue weighted by molar-refractivity contribution is 0.256. The normalized spacial score (nSPS) is 14.4. The van der Waals surface area contributed by atoms with Gasteiger partial charge in [0.1, 0.15) is 0 Å². The fourth-order valence-electron chi connectivity index (χ4n) is 1.28. The molecule has 16 heavy (non-hydrogen) atoms. The molecule has 0 aromatic rings. The van der Waals surface area contributed by atoms with E-state index in [1.807, 2.05) is 6.92 Å². The summed E-state index contributed by atoms with van der Waals surface area (Å²) in [6.07, 6.45) is 9.48. The fraction of sp³-hybridized carbons (Fsp3) is 0.818. The summed E-state index contributed by atoms with van der Waals surface area (Å²) in [5.41, 5.74) is 0. The van der Waals surface area contributed by atoms with Crippen LogP contribution in [0.2, 0.25) is 0 Å². The minimum atomic E-state index is -4.28. The molecule has 0 aromatic carbocycles. The zero-order valence-electron chi connectivity index (χ0n) is 10.1. The molecule has 0 fully saturated rings. The molecular formula is C11H22O4S. The van der Waals surface area contributed by atoms with Crippen molar-refractivity contribution in [1.82, 2.24) is 0 Å². The van der Waals surface area contributed by atoms with Crippen LogP contribution in [-0.2, 0) is 14.6 Å². The summed E-state index contributed by atoms with van der Waals surface area (Å²) in [7, 11) is -4.28. The first-order chi connectivity index (χ1) is 7.45. The summed E-state index contributed by atoms with van der Waals surface area (Å²) < 4.78 is 33.1. The molecule has 0 spiro atoms. The minimum Gasteiger partial charge on any atom is -0.264 e. The number of unbranched alkanes of at least 4 members (excludes halogenated alkanes) is 3. The zero-order chi connectivity index (χ0) is 12.4. The maximum atomic E-state index is 10.3. The van der Waals surface area contributed by atoms with E-state index < -0.39 is 10.4 Å². The highest BCUT2D eigenvalue weighted by Gasteiger charge is 2.05. The van der Waals surface area contributed by atoms with Crippen molar-refractivity contribution >= 4 is 10.4 Å². The van der Waals surface area contributed by atoms with E-state index in [0.717, 1.165) is 6.42 Å². The van der Waals surface area contributed by atoms with Gasteiger partial charge < -0.3 is 0 Å². The molecule has 0 aliphatic rings. The van der Waals surface area contributed by atoms with Crippen molar-refractivity contribution in [3.05, 3.63) is 12.2 Å². The van der Waals surface area contributed by atoms with Crippen molar-refractivity contribution in [2.24, 2.45) is 5.92 Å². The lowest BCUT2D eigenvalue weighted by Gasteiger charge is -2.04. The summed E-state index contributed by atoms with van der Waals surface area (Å²) in [4.78, 5) is 0. The molecule has 0 aliphatic heterocycles. The van der Waals surface area contributed by atoms with Gasteiger partial charge in [0, 0.05) is 0 Å². The van der Waals surface area contributed by atoms with Gasteiger partial charge in [0.05, 0.1) is 6.61 Å². The third kappa shape index (κ3) is 11.7. The fourth-order valence-corrected chi connectivity index (χ4v) is 1.58. The predicted molar refractivity (Wildman–Crippen MR) is 64.6 cm³/mol. The Bertz CT molecular complexity index is 282. The monoisotopic (exact) mass is 250 g/mol. The van der Waals surface area contributed by atoms with Crippen LogP contribution in [0.1, 0.15) is 46.0 Å². The first-order valence-electron chi connectivity index (χ1n) is 5.74. The molecule has 0 bridgehead atoms. The molecule has 5 heteroatoms. The van der Waals surface area contributed by atoms with Crippen LogP contribution >= 0.6 is 0 Å². The molecule has 0 rings (SSSR count). The predicted octanol–water partition coefficient (Wildman–Crippen LogP) is 2.97. The third-order valence-electron chi connectivity index (χ3n) is 2.24. The summed E-state index contributed by atoms with van der Waals surface area (Å²) >= 11 is 0. The van der Waals surface area contributed by atoms with Crippen LogP contribution < -0.4 is 0 Å². The second-order valence-electron chi connectivity index (χ2n) is 3.94. The Morgan fingerprint density at radius 2 is 2.06 bits per heavy atom. The topological polar surface area (TPSA) is 63.6 Å². The lowest BCUT2D eigenvalue weighted by atomic mass is 10.1. The van der Waals surface area contributed by atoms with Gasteiger partial charge in [-0.05, 0) is 25.2 Å². The highest BCUT2D eigenvalue weighted by Crippen LogP contribution is 2.07. The Balaban J connectivity index is 3.54. The SMILES string of the molecule is CCCCCC=CC(C)CCOS(=O)(=O)O. The molecule has 0 amide bonds. The molecule has 0 saturated heterocycles. The molecule has 4 nitrogen and oxygen atoms in total. The summed E-state index contributed by atoms with van der Waals surface area (Å²) in [6, 6.07) is 0. The average Bonchev–Trinajstić information content (AvgIpc) is 2.15. The van der Waals surface area contributed by atoms with Crippen LogP contribution in [0.25, 0.3) is 0 Å². The molecule has 1 atom stereocenters. The van der Waals surface area contributed by atoms with E-state index in [1.54, 1.807) is 0 Å². The van der Waals surface area contributed by atoms with Crippen molar-refractivity contribution in [3.8, 4) is 0 Å². The van der Waals surface area contributed by atoms with E-state index in [0.29, 0.717) is 6.42 Å². The maximum Gasteiger partial charge on any atom is 0.397 e. The van der Waals surface area contributed by atoms with E-state index >= 15 is 0 Å². The maximum absolute atomic E-state index is 10.3.